The molecule has 0 aromatic carbocycles. The van der Waals surface area contributed by atoms with E-state index in [2.05, 4.69) is 20.3 Å². The van der Waals surface area contributed by atoms with Crippen molar-refractivity contribution in [1.29, 1.82) is 0 Å². The standard InChI is InChI=1S/C9H10ClN5S/c1-5-12-2-6(16-5)3-13-8-7(10)4-14-9(11)15-8/h2,4H,3H2,1H3,(H3,11,13,14,15). The molecule has 0 unspecified atom stereocenters. The fourth-order valence-electron chi connectivity index (χ4n) is 1.16. The van der Waals surface area contributed by atoms with Gasteiger partial charge in [-0.05, 0) is 6.92 Å². The Kier molecular flexibility index (Phi) is 3.21. The van der Waals surface area contributed by atoms with Gasteiger partial charge in [-0.15, -0.1) is 11.3 Å². The van der Waals surface area contributed by atoms with Gasteiger partial charge in [-0.2, -0.15) is 4.98 Å². The predicted molar refractivity (Wildman–Crippen MR) is 65.6 cm³/mol. The third-order valence-corrected chi connectivity index (χ3v) is 3.05. The lowest BCUT2D eigenvalue weighted by Gasteiger charge is -2.05. The zero-order valence-corrected chi connectivity index (χ0v) is 10.1. The summed E-state index contributed by atoms with van der Waals surface area (Å²) in [4.78, 5) is 13.1. The van der Waals surface area contributed by atoms with E-state index in [-0.39, 0.29) is 5.95 Å². The summed E-state index contributed by atoms with van der Waals surface area (Å²) in [7, 11) is 0. The molecule has 0 amide bonds. The van der Waals surface area contributed by atoms with Gasteiger partial charge in [-0.3, -0.25) is 0 Å². The van der Waals surface area contributed by atoms with E-state index in [4.69, 9.17) is 17.3 Å². The Morgan fingerprint density at radius 1 is 1.44 bits per heavy atom. The number of nitrogen functional groups attached to an aromatic ring is 1. The Balaban J connectivity index is 2.07. The zero-order chi connectivity index (χ0) is 11.5. The summed E-state index contributed by atoms with van der Waals surface area (Å²) >= 11 is 7.54. The van der Waals surface area contributed by atoms with Crippen molar-refractivity contribution < 1.29 is 0 Å². The van der Waals surface area contributed by atoms with E-state index in [1.54, 1.807) is 11.3 Å². The van der Waals surface area contributed by atoms with Crippen LogP contribution in [0.15, 0.2) is 12.4 Å². The number of anilines is 2. The SMILES string of the molecule is Cc1ncc(CNc2nc(N)ncc2Cl)s1. The first-order chi connectivity index (χ1) is 7.65. The largest absolute Gasteiger partial charge is 0.368 e. The summed E-state index contributed by atoms with van der Waals surface area (Å²) in [6.07, 6.45) is 3.30. The van der Waals surface area contributed by atoms with Crippen molar-refractivity contribution in [1.82, 2.24) is 15.0 Å². The number of aromatic nitrogens is 3. The first-order valence-electron chi connectivity index (χ1n) is 4.58. The van der Waals surface area contributed by atoms with Crippen LogP contribution in [0, 0.1) is 6.92 Å². The fourth-order valence-corrected chi connectivity index (χ4v) is 2.06. The number of hydrogen-bond acceptors (Lipinski definition) is 6. The number of rotatable bonds is 3. The van der Waals surface area contributed by atoms with Gasteiger partial charge in [0.25, 0.3) is 0 Å². The van der Waals surface area contributed by atoms with Gasteiger partial charge in [0.1, 0.15) is 5.02 Å². The number of halogens is 1. The number of nitrogens with two attached hydrogens (primary N) is 1. The molecule has 0 aliphatic rings. The molecule has 2 aromatic heterocycles. The molecule has 2 aromatic rings. The van der Waals surface area contributed by atoms with Gasteiger partial charge in [0.15, 0.2) is 5.82 Å². The molecule has 0 aliphatic heterocycles. The van der Waals surface area contributed by atoms with Crippen molar-refractivity contribution in [2.24, 2.45) is 0 Å². The molecule has 7 heteroatoms. The highest BCUT2D eigenvalue weighted by Crippen LogP contribution is 2.20. The van der Waals surface area contributed by atoms with Crippen molar-refractivity contribution >= 4 is 34.7 Å². The highest BCUT2D eigenvalue weighted by atomic mass is 35.5. The molecule has 0 atom stereocenters. The van der Waals surface area contributed by atoms with Crippen molar-refractivity contribution in [3.05, 3.63) is 27.3 Å². The van der Waals surface area contributed by atoms with Crippen molar-refractivity contribution in [2.75, 3.05) is 11.1 Å². The second-order valence-electron chi connectivity index (χ2n) is 3.12. The van der Waals surface area contributed by atoms with Crippen LogP contribution in [0.3, 0.4) is 0 Å². The maximum absolute atomic E-state index is 5.91. The minimum Gasteiger partial charge on any atom is -0.368 e. The van der Waals surface area contributed by atoms with Crippen LogP contribution in [0.4, 0.5) is 11.8 Å². The van der Waals surface area contributed by atoms with E-state index >= 15 is 0 Å². The van der Waals surface area contributed by atoms with Crippen LogP contribution < -0.4 is 11.1 Å². The Morgan fingerprint density at radius 3 is 2.94 bits per heavy atom. The average Bonchev–Trinajstić information content (AvgIpc) is 2.66. The molecule has 5 nitrogen and oxygen atoms in total. The molecule has 0 bridgehead atoms. The van der Waals surface area contributed by atoms with Crippen LogP contribution in [0.1, 0.15) is 9.88 Å². The Bertz CT molecular complexity index is 498. The van der Waals surface area contributed by atoms with Crippen LogP contribution in [0.2, 0.25) is 5.02 Å². The van der Waals surface area contributed by atoms with E-state index in [1.807, 2.05) is 13.1 Å². The normalized spacial score (nSPS) is 10.4. The smallest absolute Gasteiger partial charge is 0.222 e. The molecule has 84 valence electrons. The van der Waals surface area contributed by atoms with Crippen LogP contribution in [0.25, 0.3) is 0 Å². The molecule has 16 heavy (non-hydrogen) atoms. The first kappa shape index (κ1) is 11.1. The highest BCUT2D eigenvalue weighted by molar-refractivity contribution is 7.11. The number of nitrogens with zero attached hydrogens (tertiary/aromatic N) is 3. The summed E-state index contributed by atoms with van der Waals surface area (Å²) in [6, 6.07) is 0. The van der Waals surface area contributed by atoms with Crippen molar-refractivity contribution in [3.8, 4) is 0 Å². The fraction of sp³-hybridized carbons (Fsp3) is 0.222. The predicted octanol–water partition coefficient (Wildman–Crippen LogP) is 2.09. The zero-order valence-electron chi connectivity index (χ0n) is 8.57. The maximum Gasteiger partial charge on any atom is 0.222 e. The van der Waals surface area contributed by atoms with Crippen LogP contribution in [-0.4, -0.2) is 15.0 Å². The molecule has 3 N–H and O–H groups in total. The van der Waals surface area contributed by atoms with Gasteiger partial charge < -0.3 is 11.1 Å². The summed E-state index contributed by atoms with van der Waals surface area (Å²) in [5.74, 6) is 0.743. The molecule has 2 heterocycles. The first-order valence-corrected chi connectivity index (χ1v) is 5.78. The quantitative estimate of drug-likeness (QED) is 0.878. The lowest BCUT2D eigenvalue weighted by atomic mass is 10.5. The van der Waals surface area contributed by atoms with Crippen LogP contribution >= 0.6 is 22.9 Å². The average molecular weight is 256 g/mol. The lowest BCUT2D eigenvalue weighted by Crippen LogP contribution is -2.03. The minimum absolute atomic E-state index is 0.201. The van der Waals surface area contributed by atoms with E-state index in [1.165, 1.54) is 6.20 Å². The van der Waals surface area contributed by atoms with Gasteiger partial charge in [0.2, 0.25) is 5.95 Å². The molecule has 0 spiro atoms. The molecular weight excluding hydrogens is 246 g/mol. The molecule has 0 saturated carbocycles. The van der Waals surface area contributed by atoms with Crippen molar-refractivity contribution in [2.45, 2.75) is 13.5 Å². The van der Waals surface area contributed by atoms with E-state index in [0.717, 1.165) is 9.88 Å². The molecule has 0 fully saturated rings. The van der Waals surface area contributed by atoms with Crippen LogP contribution in [0.5, 0.6) is 0 Å². The van der Waals surface area contributed by atoms with Gasteiger partial charge in [0, 0.05) is 11.1 Å². The molecule has 0 aliphatic carbocycles. The number of nitrogens with one attached hydrogen (secondary N) is 1. The topological polar surface area (TPSA) is 76.7 Å². The van der Waals surface area contributed by atoms with Gasteiger partial charge in [-0.25, -0.2) is 9.97 Å². The Morgan fingerprint density at radius 2 is 2.25 bits per heavy atom. The summed E-state index contributed by atoms with van der Waals surface area (Å²) in [5.41, 5.74) is 5.47. The number of hydrogen-bond donors (Lipinski definition) is 2. The monoisotopic (exact) mass is 255 g/mol. The van der Waals surface area contributed by atoms with E-state index in [9.17, 15) is 0 Å². The Hall–Kier alpha value is -1.40. The maximum atomic E-state index is 5.91. The van der Waals surface area contributed by atoms with Crippen molar-refractivity contribution in [3.63, 3.8) is 0 Å². The number of aryl methyl sites for hydroxylation is 1. The van der Waals surface area contributed by atoms with E-state index in [0.29, 0.717) is 17.4 Å². The van der Waals surface area contributed by atoms with Crippen LogP contribution in [-0.2, 0) is 6.54 Å². The third-order valence-electron chi connectivity index (χ3n) is 1.86. The minimum atomic E-state index is 0.201. The summed E-state index contributed by atoms with van der Waals surface area (Å²) in [5, 5.41) is 4.58. The van der Waals surface area contributed by atoms with Gasteiger partial charge >= 0.3 is 0 Å². The second-order valence-corrected chi connectivity index (χ2v) is 4.85. The van der Waals surface area contributed by atoms with Gasteiger partial charge in [-0.1, -0.05) is 11.6 Å². The van der Waals surface area contributed by atoms with E-state index < -0.39 is 0 Å². The molecule has 0 saturated heterocycles. The lowest BCUT2D eigenvalue weighted by molar-refractivity contribution is 1.10. The highest BCUT2D eigenvalue weighted by Gasteiger charge is 2.04. The molecule has 0 radical (unpaired) electrons. The number of thiazole rings is 1. The molecule has 2 rings (SSSR count). The summed E-state index contributed by atoms with van der Waals surface area (Å²) < 4.78 is 0. The van der Waals surface area contributed by atoms with Gasteiger partial charge in [0.05, 0.1) is 17.7 Å². The second kappa shape index (κ2) is 4.63. The summed E-state index contributed by atoms with van der Waals surface area (Å²) in [6.45, 7) is 2.59. The third kappa shape index (κ3) is 2.59. The Labute approximate surface area is 102 Å². The molecular formula is C9H10ClN5S.